The number of phenolic OH excluding ortho intramolecular Hbond substituents is 1. The van der Waals surface area contributed by atoms with Gasteiger partial charge in [0.15, 0.2) is 4.80 Å². The molecule has 1 aliphatic rings. The molecule has 0 aliphatic carbocycles. The molecule has 4 rings (SSSR count). The molecule has 0 bridgehead atoms. The number of esters is 1. The number of benzene rings is 2. The van der Waals surface area contributed by atoms with Gasteiger partial charge in [0, 0.05) is 5.02 Å². The first-order valence-corrected chi connectivity index (χ1v) is 12.0. The Morgan fingerprint density at radius 3 is 2.78 bits per heavy atom. The topological polar surface area (TPSA) is 80.9 Å². The van der Waals surface area contributed by atoms with Crippen molar-refractivity contribution in [1.29, 1.82) is 0 Å². The lowest BCUT2D eigenvalue weighted by molar-refractivity contribution is -0.139. The number of aromatic hydroxyl groups is 1. The van der Waals surface area contributed by atoms with Crippen LogP contribution in [0.1, 0.15) is 31.0 Å². The van der Waals surface area contributed by atoms with Gasteiger partial charge < -0.3 is 9.84 Å². The van der Waals surface area contributed by atoms with Gasteiger partial charge in [0.25, 0.3) is 5.56 Å². The van der Waals surface area contributed by atoms with Crippen molar-refractivity contribution in [1.82, 2.24) is 4.57 Å². The number of halogens is 2. The molecule has 1 aliphatic heterocycles. The maximum atomic E-state index is 13.5. The number of rotatable bonds is 4. The van der Waals surface area contributed by atoms with E-state index in [0.29, 0.717) is 29.2 Å². The summed E-state index contributed by atoms with van der Waals surface area (Å²) < 4.78 is 7.92. The van der Waals surface area contributed by atoms with Crippen LogP contribution in [0.4, 0.5) is 0 Å². The van der Waals surface area contributed by atoms with Crippen molar-refractivity contribution in [2.75, 3.05) is 6.61 Å². The van der Waals surface area contributed by atoms with E-state index in [-0.39, 0.29) is 23.5 Å². The third-order valence-electron chi connectivity index (χ3n) is 4.99. The van der Waals surface area contributed by atoms with Gasteiger partial charge in [-0.2, -0.15) is 0 Å². The number of aromatic nitrogens is 1. The molecule has 1 aromatic heterocycles. The summed E-state index contributed by atoms with van der Waals surface area (Å²) in [6, 6.07) is 11.5. The Morgan fingerprint density at radius 2 is 2.09 bits per heavy atom. The first-order chi connectivity index (χ1) is 15.3. The van der Waals surface area contributed by atoms with Crippen LogP contribution in [0.15, 0.2) is 63.5 Å². The molecule has 0 unspecified atom stereocenters. The quantitative estimate of drug-likeness (QED) is 0.377. The van der Waals surface area contributed by atoms with Gasteiger partial charge in [0.05, 0.1) is 26.0 Å². The van der Waals surface area contributed by atoms with Gasteiger partial charge in [-0.1, -0.05) is 47.2 Å². The average Bonchev–Trinajstić information content (AvgIpc) is 3.05. The Kier molecular flexibility index (Phi) is 6.55. The van der Waals surface area contributed by atoms with Crippen molar-refractivity contribution >= 4 is 57.6 Å². The van der Waals surface area contributed by atoms with E-state index in [2.05, 4.69) is 4.99 Å². The lowest BCUT2D eigenvalue weighted by Crippen LogP contribution is -2.40. The van der Waals surface area contributed by atoms with Crippen LogP contribution in [0.3, 0.4) is 0 Å². The SMILES string of the molecule is CCOC(=O)C1=C(C)N=c2sc(=Cc3ccc(O)c(I)c3)c(=O)n2[C@H]1c1ccccc1Cl. The smallest absolute Gasteiger partial charge is 0.338 e. The fourth-order valence-corrected chi connectivity index (χ4v) is 5.37. The zero-order valence-electron chi connectivity index (χ0n) is 17.1. The summed E-state index contributed by atoms with van der Waals surface area (Å²) >= 11 is 9.76. The van der Waals surface area contributed by atoms with E-state index < -0.39 is 12.0 Å². The highest BCUT2D eigenvalue weighted by Gasteiger charge is 2.34. The molecule has 0 radical (unpaired) electrons. The molecule has 0 spiro atoms. The first kappa shape index (κ1) is 22.8. The highest BCUT2D eigenvalue weighted by molar-refractivity contribution is 14.1. The molecule has 1 N–H and O–H groups in total. The monoisotopic (exact) mass is 580 g/mol. The van der Waals surface area contributed by atoms with Gasteiger partial charge in [-0.25, -0.2) is 9.79 Å². The molecule has 2 aromatic carbocycles. The predicted molar refractivity (Wildman–Crippen MR) is 133 cm³/mol. The van der Waals surface area contributed by atoms with E-state index in [1.54, 1.807) is 56.3 Å². The number of carbonyl (C=O) groups is 1. The molecule has 0 fully saturated rings. The Hall–Kier alpha value is -2.43. The van der Waals surface area contributed by atoms with Crippen molar-refractivity contribution in [3.8, 4) is 5.75 Å². The van der Waals surface area contributed by atoms with Gasteiger partial charge in [-0.3, -0.25) is 9.36 Å². The summed E-state index contributed by atoms with van der Waals surface area (Å²) in [6.45, 7) is 3.66. The van der Waals surface area contributed by atoms with E-state index in [1.807, 2.05) is 28.7 Å². The summed E-state index contributed by atoms with van der Waals surface area (Å²) in [4.78, 5) is 31.4. The Labute approximate surface area is 206 Å². The van der Waals surface area contributed by atoms with Crippen molar-refractivity contribution in [2.24, 2.45) is 4.99 Å². The molecular weight excluding hydrogens is 563 g/mol. The van der Waals surface area contributed by atoms with Gasteiger partial charge in [-0.05, 0) is 71.8 Å². The summed E-state index contributed by atoms with van der Waals surface area (Å²) in [5.74, 6) is -0.348. The van der Waals surface area contributed by atoms with E-state index in [9.17, 15) is 14.7 Å². The van der Waals surface area contributed by atoms with Gasteiger partial charge in [0.2, 0.25) is 0 Å². The highest BCUT2D eigenvalue weighted by atomic mass is 127. The molecule has 9 heteroatoms. The molecule has 164 valence electrons. The second kappa shape index (κ2) is 9.21. The number of thiazole rings is 1. The van der Waals surface area contributed by atoms with Crippen molar-refractivity contribution in [3.05, 3.63) is 93.1 Å². The molecular formula is C23H18ClIN2O4S. The molecule has 0 saturated carbocycles. The molecule has 2 heterocycles. The Balaban J connectivity index is 1.98. The molecule has 0 amide bonds. The first-order valence-electron chi connectivity index (χ1n) is 9.74. The highest BCUT2D eigenvalue weighted by Crippen LogP contribution is 2.34. The summed E-state index contributed by atoms with van der Waals surface area (Å²) in [6.07, 6.45) is 1.75. The molecule has 1 atom stereocenters. The van der Waals surface area contributed by atoms with Crippen LogP contribution < -0.4 is 14.9 Å². The number of carbonyl (C=O) groups excluding carboxylic acids is 1. The van der Waals surface area contributed by atoms with Crippen molar-refractivity contribution in [2.45, 2.75) is 19.9 Å². The molecule has 3 aromatic rings. The second-order valence-electron chi connectivity index (χ2n) is 7.03. The third-order valence-corrected chi connectivity index (χ3v) is 7.18. The summed E-state index contributed by atoms with van der Waals surface area (Å²) in [5.41, 5.74) is 1.89. The van der Waals surface area contributed by atoms with Gasteiger partial charge >= 0.3 is 5.97 Å². The van der Waals surface area contributed by atoms with E-state index in [1.165, 1.54) is 15.9 Å². The minimum atomic E-state index is -0.749. The number of fused-ring (bicyclic) bond motifs is 1. The largest absolute Gasteiger partial charge is 0.507 e. The maximum absolute atomic E-state index is 13.5. The predicted octanol–water partition coefficient (Wildman–Crippen LogP) is 3.76. The van der Waals surface area contributed by atoms with Crippen LogP contribution in [0, 0.1) is 3.57 Å². The number of ether oxygens (including phenoxy) is 1. The molecule has 6 nitrogen and oxygen atoms in total. The lowest BCUT2D eigenvalue weighted by atomic mass is 9.96. The van der Waals surface area contributed by atoms with E-state index >= 15 is 0 Å². The van der Waals surface area contributed by atoms with E-state index in [0.717, 1.165) is 5.56 Å². The number of hydrogen-bond donors (Lipinski definition) is 1. The summed E-state index contributed by atoms with van der Waals surface area (Å²) in [5, 5.41) is 10.2. The number of allylic oxidation sites excluding steroid dienone is 1. The van der Waals surface area contributed by atoms with Crippen molar-refractivity contribution in [3.63, 3.8) is 0 Å². The number of phenols is 1. The molecule has 32 heavy (non-hydrogen) atoms. The van der Waals surface area contributed by atoms with Gasteiger partial charge in [0.1, 0.15) is 11.8 Å². The van der Waals surface area contributed by atoms with Crippen molar-refractivity contribution < 1.29 is 14.6 Å². The lowest BCUT2D eigenvalue weighted by Gasteiger charge is -2.25. The summed E-state index contributed by atoms with van der Waals surface area (Å²) in [7, 11) is 0. The normalized spacial score (nSPS) is 16.0. The fourth-order valence-electron chi connectivity index (χ4n) is 3.55. The van der Waals surface area contributed by atoms with Crippen LogP contribution in [0.2, 0.25) is 5.02 Å². The fraction of sp³-hybridized carbons (Fsp3) is 0.174. The number of hydrogen-bond acceptors (Lipinski definition) is 6. The zero-order valence-corrected chi connectivity index (χ0v) is 20.9. The number of nitrogens with zero attached hydrogens (tertiary/aromatic N) is 2. The minimum absolute atomic E-state index is 0.178. The third kappa shape index (κ3) is 4.14. The standard InChI is InChI=1S/C23H18ClIN2O4S/c1-3-31-22(30)19-12(2)26-23-27(20(19)14-6-4-5-7-15(14)24)21(29)18(32-23)11-13-8-9-17(28)16(25)10-13/h4-11,20,28H,3H2,1-2H3/t20-/m0/s1. The minimum Gasteiger partial charge on any atom is -0.507 e. The maximum Gasteiger partial charge on any atom is 0.338 e. The molecule has 0 saturated heterocycles. The zero-order chi connectivity index (χ0) is 23.0. The second-order valence-corrected chi connectivity index (χ2v) is 9.61. The van der Waals surface area contributed by atoms with Crippen LogP contribution >= 0.6 is 45.5 Å². The Bertz CT molecular complexity index is 1440. The van der Waals surface area contributed by atoms with Gasteiger partial charge in [-0.15, -0.1) is 0 Å². The average molecular weight is 581 g/mol. The van der Waals surface area contributed by atoms with Crippen LogP contribution in [-0.4, -0.2) is 22.2 Å². The van der Waals surface area contributed by atoms with Crippen LogP contribution in [0.25, 0.3) is 6.08 Å². The Morgan fingerprint density at radius 1 is 1.34 bits per heavy atom. The van der Waals surface area contributed by atoms with E-state index in [4.69, 9.17) is 16.3 Å². The van der Waals surface area contributed by atoms with Crippen LogP contribution in [-0.2, 0) is 9.53 Å². The van der Waals surface area contributed by atoms with Crippen LogP contribution in [0.5, 0.6) is 5.75 Å².